The lowest BCUT2D eigenvalue weighted by molar-refractivity contribution is 0.162. The third kappa shape index (κ3) is 4.22. The van der Waals surface area contributed by atoms with Gasteiger partial charge >= 0.3 is 0 Å². The van der Waals surface area contributed by atoms with Crippen molar-refractivity contribution >= 4 is 0 Å². The molecule has 1 N–H and O–H groups in total. The van der Waals surface area contributed by atoms with E-state index < -0.39 is 0 Å². The zero-order valence-corrected chi connectivity index (χ0v) is 6.52. The molecule has 0 aliphatic heterocycles. The van der Waals surface area contributed by atoms with Gasteiger partial charge < -0.3 is 5.11 Å². The largest absolute Gasteiger partial charge is 0.396 e. The van der Waals surface area contributed by atoms with E-state index in [2.05, 4.69) is 6.08 Å². The molecular formula is C8H16O. The molecule has 0 aromatic carbocycles. The van der Waals surface area contributed by atoms with Crippen molar-refractivity contribution in [2.24, 2.45) is 5.41 Å². The Kier molecular flexibility index (Phi) is 3.55. The highest BCUT2D eigenvalue weighted by atomic mass is 16.3. The van der Waals surface area contributed by atoms with Crippen LogP contribution < -0.4 is 0 Å². The van der Waals surface area contributed by atoms with Crippen molar-refractivity contribution in [1.29, 1.82) is 0 Å². The van der Waals surface area contributed by atoms with Gasteiger partial charge in [0.05, 0.1) is 0 Å². The van der Waals surface area contributed by atoms with E-state index in [0.717, 1.165) is 6.42 Å². The highest BCUT2D eigenvalue weighted by Crippen LogP contribution is 2.18. The van der Waals surface area contributed by atoms with E-state index >= 15 is 0 Å². The SMILES string of the molecule is CC=CCC(C)(C)CO. The molecule has 0 amide bonds. The second-order valence-corrected chi connectivity index (χ2v) is 3.10. The predicted molar refractivity (Wildman–Crippen MR) is 40.3 cm³/mol. The first-order valence-corrected chi connectivity index (χ1v) is 3.34. The lowest BCUT2D eigenvalue weighted by Gasteiger charge is -2.18. The van der Waals surface area contributed by atoms with Crippen molar-refractivity contribution in [3.05, 3.63) is 12.2 Å². The molecule has 0 spiro atoms. The van der Waals surface area contributed by atoms with E-state index in [1.807, 2.05) is 26.8 Å². The maximum absolute atomic E-state index is 8.79. The molecule has 0 fully saturated rings. The Morgan fingerprint density at radius 1 is 1.44 bits per heavy atom. The highest BCUT2D eigenvalue weighted by molar-refractivity contribution is 4.84. The Hall–Kier alpha value is -0.300. The quantitative estimate of drug-likeness (QED) is 0.576. The van der Waals surface area contributed by atoms with Crippen LogP contribution in [-0.2, 0) is 0 Å². The smallest absolute Gasteiger partial charge is 0.0485 e. The first-order valence-electron chi connectivity index (χ1n) is 3.34. The number of aliphatic hydroxyl groups excluding tert-OH is 1. The van der Waals surface area contributed by atoms with Crippen molar-refractivity contribution in [2.75, 3.05) is 6.61 Å². The number of hydrogen-bond acceptors (Lipinski definition) is 1. The van der Waals surface area contributed by atoms with Crippen molar-refractivity contribution in [3.8, 4) is 0 Å². The number of allylic oxidation sites excluding steroid dienone is 2. The molecule has 0 heterocycles. The van der Waals surface area contributed by atoms with E-state index in [-0.39, 0.29) is 12.0 Å². The number of hydrogen-bond donors (Lipinski definition) is 1. The summed E-state index contributed by atoms with van der Waals surface area (Å²) in [6, 6.07) is 0. The van der Waals surface area contributed by atoms with Gasteiger partial charge in [-0.25, -0.2) is 0 Å². The van der Waals surface area contributed by atoms with Crippen LogP contribution in [0.15, 0.2) is 12.2 Å². The summed E-state index contributed by atoms with van der Waals surface area (Å²) in [7, 11) is 0. The summed E-state index contributed by atoms with van der Waals surface area (Å²) in [5.74, 6) is 0. The average Bonchev–Trinajstić information content (AvgIpc) is 1.84. The summed E-state index contributed by atoms with van der Waals surface area (Å²) in [5.41, 5.74) is 0.0620. The molecule has 9 heavy (non-hydrogen) atoms. The zero-order valence-electron chi connectivity index (χ0n) is 6.52. The standard InChI is InChI=1S/C8H16O/c1-4-5-6-8(2,3)7-9/h4-5,9H,6-7H2,1-3H3. The van der Waals surface area contributed by atoms with Gasteiger partial charge in [0.15, 0.2) is 0 Å². The van der Waals surface area contributed by atoms with Crippen LogP contribution in [0.25, 0.3) is 0 Å². The fraction of sp³-hybridized carbons (Fsp3) is 0.750. The van der Waals surface area contributed by atoms with Crippen molar-refractivity contribution in [1.82, 2.24) is 0 Å². The second-order valence-electron chi connectivity index (χ2n) is 3.10. The van der Waals surface area contributed by atoms with Crippen molar-refractivity contribution in [3.63, 3.8) is 0 Å². The molecular weight excluding hydrogens is 112 g/mol. The molecule has 0 saturated heterocycles. The molecule has 0 atom stereocenters. The Morgan fingerprint density at radius 3 is 2.33 bits per heavy atom. The predicted octanol–water partition coefficient (Wildman–Crippen LogP) is 1.97. The highest BCUT2D eigenvalue weighted by Gasteiger charge is 2.12. The van der Waals surface area contributed by atoms with Crippen LogP contribution in [0.1, 0.15) is 27.2 Å². The normalized spacial score (nSPS) is 12.9. The van der Waals surface area contributed by atoms with E-state index in [1.165, 1.54) is 0 Å². The summed E-state index contributed by atoms with van der Waals surface area (Å²) in [6.07, 6.45) is 5.05. The van der Waals surface area contributed by atoms with Gasteiger partial charge in [0, 0.05) is 6.61 Å². The number of rotatable bonds is 3. The maximum Gasteiger partial charge on any atom is 0.0485 e. The molecule has 1 heteroatoms. The van der Waals surface area contributed by atoms with Crippen LogP contribution in [0.5, 0.6) is 0 Å². The second kappa shape index (κ2) is 3.67. The van der Waals surface area contributed by atoms with Crippen LogP contribution in [0.4, 0.5) is 0 Å². The van der Waals surface area contributed by atoms with Crippen molar-refractivity contribution in [2.45, 2.75) is 27.2 Å². The van der Waals surface area contributed by atoms with E-state index in [0.29, 0.717) is 0 Å². The van der Waals surface area contributed by atoms with Crippen LogP contribution in [0.3, 0.4) is 0 Å². The van der Waals surface area contributed by atoms with Crippen LogP contribution in [0.2, 0.25) is 0 Å². The maximum atomic E-state index is 8.79. The summed E-state index contributed by atoms with van der Waals surface area (Å²) in [6.45, 7) is 6.35. The minimum Gasteiger partial charge on any atom is -0.396 e. The van der Waals surface area contributed by atoms with Gasteiger partial charge in [0.1, 0.15) is 0 Å². The molecule has 0 aliphatic carbocycles. The lowest BCUT2D eigenvalue weighted by atomic mass is 9.90. The fourth-order valence-corrected chi connectivity index (χ4v) is 0.501. The molecule has 54 valence electrons. The average molecular weight is 128 g/mol. The summed E-state index contributed by atoms with van der Waals surface area (Å²) >= 11 is 0. The Bertz CT molecular complexity index is 92.7. The summed E-state index contributed by atoms with van der Waals surface area (Å²) < 4.78 is 0. The van der Waals surface area contributed by atoms with Gasteiger partial charge in [-0.1, -0.05) is 26.0 Å². The Balaban J connectivity index is 3.58. The molecule has 0 bridgehead atoms. The molecule has 0 radical (unpaired) electrons. The minimum atomic E-state index is 0.0620. The third-order valence-electron chi connectivity index (χ3n) is 1.33. The molecule has 0 aliphatic rings. The molecule has 0 aromatic rings. The number of aliphatic hydroxyl groups is 1. The Morgan fingerprint density at radius 2 is 2.00 bits per heavy atom. The van der Waals surface area contributed by atoms with E-state index in [1.54, 1.807) is 0 Å². The fourth-order valence-electron chi connectivity index (χ4n) is 0.501. The molecule has 0 unspecified atom stereocenters. The van der Waals surface area contributed by atoms with Crippen LogP contribution >= 0.6 is 0 Å². The van der Waals surface area contributed by atoms with Crippen molar-refractivity contribution < 1.29 is 5.11 Å². The minimum absolute atomic E-state index is 0.0620. The summed E-state index contributed by atoms with van der Waals surface area (Å²) in [4.78, 5) is 0. The molecule has 0 aromatic heterocycles. The first-order chi connectivity index (χ1) is 4.12. The monoisotopic (exact) mass is 128 g/mol. The van der Waals surface area contributed by atoms with Gasteiger partial charge in [0.2, 0.25) is 0 Å². The molecule has 0 rings (SSSR count). The van der Waals surface area contributed by atoms with Crippen LogP contribution in [-0.4, -0.2) is 11.7 Å². The van der Waals surface area contributed by atoms with Gasteiger partial charge in [-0.3, -0.25) is 0 Å². The molecule has 1 nitrogen and oxygen atoms in total. The third-order valence-corrected chi connectivity index (χ3v) is 1.33. The first kappa shape index (κ1) is 8.70. The Labute approximate surface area is 57.4 Å². The molecule has 0 saturated carbocycles. The van der Waals surface area contributed by atoms with Gasteiger partial charge in [-0.15, -0.1) is 0 Å². The van der Waals surface area contributed by atoms with Crippen LogP contribution in [0, 0.1) is 5.41 Å². The van der Waals surface area contributed by atoms with Gasteiger partial charge in [-0.05, 0) is 18.8 Å². The van der Waals surface area contributed by atoms with Gasteiger partial charge in [0.25, 0.3) is 0 Å². The van der Waals surface area contributed by atoms with E-state index in [4.69, 9.17) is 5.11 Å². The summed E-state index contributed by atoms with van der Waals surface area (Å²) in [5, 5.41) is 8.79. The zero-order chi connectivity index (χ0) is 7.33. The topological polar surface area (TPSA) is 20.2 Å². The van der Waals surface area contributed by atoms with Gasteiger partial charge in [-0.2, -0.15) is 0 Å². The lowest BCUT2D eigenvalue weighted by Crippen LogP contribution is -2.14. The van der Waals surface area contributed by atoms with E-state index in [9.17, 15) is 0 Å².